The van der Waals surface area contributed by atoms with Gasteiger partial charge >= 0.3 is 0 Å². The zero-order valence-corrected chi connectivity index (χ0v) is 16.5. The smallest absolute Gasteiger partial charge is 0.273 e. The van der Waals surface area contributed by atoms with Crippen LogP contribution in [0.4, 0.5) is 4.39 Å². The molecule has 1 amide bonds. The molecule has 29 heavy (non-hydrogen) atoms. The third-order valence-electron chi connectivity index (χ3n) is 5.16. The number of hydrogen-bond acceptors (Lipinski definition) is 4. The van der Waals surface area contributed by atoms with Crippen molar-refractivity contribution in [1.29, 1.82) is 0 Å². The summed E-state index contributed by atoms with van der Waals surface area (Å²) in [6, 6.07) is 4.77. The number of hydrogen-bond donors (Lipinski definition) is 1. The van der Waals surface area contributed by atoms with Gasteiger partial charge in [0.2, 0.25) is 0 Å². The van der Waals surface area contributed by atoms with Crippen LogP contribution in [0.1, 0.15) is 22.5 Å². The van der Waals surface area contributed by atoms with Crippen molar-refractivity contribution in [2.24, 2.45) is 7.05 Å². The number of rotatable bonds is 3. The van der Waals surface area contributed by atoms with Crippen LogP contribution in [-0.4, -0.2) is 43.6 Å². The number of carbonyl (C=O) groups is 1. The van der Waals surface area contributed by atoms with Gasteiger partial charge in [0, 0.05) is 59.9 Å². The molecule has 8 heteroatoms. The third-order valence-corrected chi connectivity index (χ3v) is 6.05. The van der Waals surface area contributed by atoms with Crippen molar-refractivity contribution in [1.82, 2.24) is 24.6 Å². The molecule has 0 radical (unpaired) electrons. The first-order chi connectivity index (χ1) is 14.1. The Labute approximate surface area is 170 Å². The van der Waals surface area contributed by atoms with Crippen LogP contribution in [0.5, 0.6) is 0 Å². The zero-order chi connectivity index (χ0) is 20.0. The molecule has 0 unspecified atom stereocenters. The average molecular weight is 407 g/mol. The molecule has 5 rings (SSSR count). The van der Waals surface area contributed by atoms with Crippen LogP contribution in [0.3, 0.4) is 0 Å². The number of nitrogens with one attached hydrogen (secondary N) is 1. The fourth-order valence-corrected chi connectivity index (χ4v) is 4.43. The van der Waals surface area contributed by atoms with Gasteiger partial charge in [0.25, 0.3) is 5.91 Å². The lowest BCUT2D eigenvalue weighted by Crippen LogP contribution is -2.34. The summed E-state index contributed by atoms with van der Waals surface area (Å²) in [5, 5.41) is 7.75. The fraction of sp³-hybridized carbons (Fsp3) is 0.190. The second kappa shape index (κ2) is 6.97. The highest BCUT2D eigenvalue weighted by molar-refractivity contribution is 7.13. The second-order valence-electron chi connectivity index (χ2n) is 7.06. The van der Waals surface area contributed by atoms with Gasteiger partial charge in [0.1, 0.15) is 16.5 Å². The first-order valence-electron chi connectivity index (χ1n) is 9.28. The van der Waals surface area contributed by atoms with Crippen LogP contribution in [-0.2, 0) is 7.05 Å². The molecule has 0 saturated carbocycles. The van der Waals surface area contributed by atoms with Gasteiger partial charge in [0.05, 0.1) is 6.20 Å². The summed E-state index contributed by atoms with van der Waals surface area (Å²) >= 11 is 1.45. The number of aryl methyl sites for hydroxylation is 1. The molecule has 0 fully saturated rings. The number of H-pyrrole nitrogens is 1. The van der Waals surface area contributed by atoms with E-state index in [0.717, 1.165) is 33.5 Å². The minimum atomic E-state index is -0.255. The standard InChI is InChI=1S/C21H18FN5OS/c1-26-11-14(9-24-26)20-25-19(12-29-20)21(28)27-6-4-13(5-7-27)17-10-23-18-8-15(22)2-3-16(17)18/h2-4,8-12,23H,5-7H2,1H3. The number of carbonyl (C=O) groups excluding carboxylic acids is 1. The Morgan fingerprint density at radius 3 is 3.00 bits per heavy atom. The largest absolute Gasteiger partial charge is 0.360 e. The zero-order valence-electron chi connectivity index (χ0n) is 15.7. The van der Waals surface area contributed by atoms with E-state index in [1.54, 1.807) is 27.2 Å². The van der Waals surface area contributed by atoms with Crippen molar-refractivity contribution in [3.8, 4) is 10.6 Å². The molecule has 1 aromatic carbocycles. The van der Waals surface area contributed by atoms with Crippen molar-refractivity contribution in [3.63, 3.8) is 0 Å². The van der Waals surface area contributed by atoms with Gasteiger partial charge in [0.15, 0.2) is 0 Å². The van der Waals surface area contributed by atoms with Gasteiger partial charge in [-0.25, -0.2) is 9.37 Å². The molecule has 1 aliphatic rings. The molecule has 146 valence electrons. The van der Waals surface area contributed by atoms with Gasteiger partial charge in [-0.05, 0) is 30.2 Å². The Morgan fingerprint density at radius 2 is 2.24 bits per heavy atom. The highest BCUT2D eigenvalue weighted by Gasteiger charge is 2.23. The van der Waals surface area contributed by atoms with Crippen LogP contribution in [0.2, 0.25) is 0 Å². The molecule has 1 aliphatic heterocycles. The second-order valence-corrected chi connectivity index (χ2v) is 7.92. The van der Waals surface area contributed by atoms with Crippen molar-refractivity contribution in [2.45, 2.75) is 6.42 Å². The number of aromatic amines is 1. The Hall–Kier alpha value is -3.26. The van der Waals surface area contributed by atoms with E-state index in [1.165, 1.54) is 29.0 Å². The van der Waals surface area contributed by atoms with E-state index < -0.39 is 0 Å². The Kier molecular flexibility index (Phi) is 4.28. The summed E-state index contributed by atoms with van der Waals surface area (Å²) in [7, 11) is 1.85. The summed E-state index contributed by atoms with van der Waals surface area (Å²) < 4.78 is 15.1. The van der Waals surface area contributed by atoms with Crippen molar-refractivity contribution in [3.05, 3.63) is 65.3 Å². The van der Waals surface area contributed by atoms with E-state index in [9.17, 15) is 9.18 Å². The highest BCUT2D eigenvalue weighted by Crippen LogP contribution is 2.30. The maximum atomic E-state index is 13.4. The van der Waals surface area contributed by atoms with Crippen molar-refractivity contribution in [2.75, 3.05) is 13.1 Å². The lowest BCUT2D eigenvalue weighted by atomic mass is 9.99. The molecule has 0 atom stereocenters. The van der Waals surface area contributed by atoms with Crippen molar-refractivity contribution < 1.29 is 9.18 Å². The number of amides is 1. The SMILES string of the molecule is Cn1cc(-c2nc(C(=O)N3CC=C(c4c[nH]c5cc(F)ccc45)CC3)cs2)cn1. The predicted octanol–water partition coefficient (Wildman–Crippen LogP) is 4.09. The highest BCUT2D eigenvalue weighted by atomic mass is 32.1. The van der Waals surface area contributed by atoms with Gasteiger partial charge in [-0.1, -0.05) is 6.08 Å². The minimum absolute atomic E-state index is 0.0623. The van der Waals surface area contributed by atoms with Crippen LogP contribution >= 0.6 is 11.3 Å². The predicted molar refractivity (Wildman–Crippen MR) is 111 cm³/mol. The molecule has 1 N–H and O–H groups in total. The Balaban J connectivity index is 1.33. The summed E-state index contributed by atoms with van der Waals surface area (Å²) in [6.45, 7) is 1.15. The summed E-state index contributed by atoms with van der Waals surface area (Å²) in [6.07, 6.45) is 8.36. The number of nitrogens with zero attached hydrogens (tertiary/aromatic N) is 4. The van der Waals surface area contributed by atoms with Crippen LogP contribution in [0, 0.1) is 5.82 Å². The number of thiazole rings is 1. The molecule has 6 nitrogen and oxygen atoms in total. The van der Waals surface area contributed by atoms with E-state index in [0.29, 0.717) is 18.8 Å². The number of halogens is 1. The Bertz CT molecular complexity index is 1250. The summed E-state index contributed by atoms with van der Waals surface area (Å²) in [4.78, 5) is 22.3. The first kappa shape index (κ1) is 17.8. The molecule has 3 aromatic heterocycles. The van der Waals surface area contributed by atoms with Gasteiger partial charge in [-0.2, -0.15) is 5.10 Å². The maximum absolute atomic E-state index is 13.4. The van der Waals surface area contributed by atoms with E-state index >= 15 is 0 Å². The van der Waals surface area contributed by atoms with Crippen molar-refractivity contribution >= 4 is 33.7 Å². The van der Waals surface area contributed by atoms with Gasteiger partial charge < -0.3 is 9.88 Å². The maximum Gasteiger partial charge on any atom is 0.273 e. The topological polar surface area (TPSA) is 66.8 Å². The van der Waals surface area contributed by atoms with Crippen LogP contribution in [0.15, 0.2) is 48.2 Å². The van der Waals surface area contributed by atoms with Gasteiger partial charge in [-0.15, -0.1) is 11.3 Å². The molecule has 0 bridgehead atoms. The fourth-order valence-electron chi connectivity index (χ4n) is 3.66. The third kappa shape index (κ3) is 3.25. The molecular formula is C21H18FN5OS. The number of aromatic nitrogens is 4. The molecule has 0 saturated heterocycles. The van der Waals surface area contributed by atoms with E-state index in [1.807, 2.05) is 19.4 Å². The first-order valence-corrected chi connectivity index (χ1v) is 10.2. The normalized spacial score (nSPS) is 14.4. The quantitative estimate of drug-likeness (QED) is 0.556. The molecule has 4 aromatic rings. The molecule has 0 aliphatic carbocycles. The molecular weight excluding hydrogens is 389 g/mol. The van der Waals surface area contributed by atoms with E-state index in [-0.39, 0.29) is 11.7 Å². The summed E-state index contributed by atoms with van der Waals surface area (Å²) in [5.41, 5.74) is 4.40. The van der Waals surface area contributed by atoms with E-state index in [2.05, 4.69) is 21.1 Å². The number of fused-ring (bicyclic) bond motifs is 1. The van der Waals surface area contributed by atoms with Crippen LogP contribution < -0.4 is 0 Å². The van der Waals surface area contributed by atoms with Crippen LogP contribution in [0.25, 0.3) is 27.0 Å². The monoisotopic (exact) mass is 407 g/mol. The summed E-state index contributed by atoms with van der Waals surface area (Å²) in [5.74, 6) is -0.318. The van der Waals surface area contributed by atoms with Gasteiger partial charge in [-0.3, -0.25) is 9.48 Å². The van der Waals surface area contributed by atoms with E-state index in [4.69, 9.17) is 0 Å². The number of benzene rings is 1. The Morgan fingerprint density at radius 1 is 1.34 bits per heavy atom. The minimum Gasteiger partial charge on any atom is -0.360 e. The lowest BCUT2D eigenvalue weighted by Gasteiger charge is -2.25. The molecule has 4 heterocycles. The lowest BCUT2D eigenvalue weighted by molar-refractivity contribution is 0.0768. The molecule has 0 spiro atoms. The average Bonchev–Trinajstić information content (AvgIpc) is 3.46.